The van der Waals surface area contributed by atoms with Crippen molar-refractivity contribution in [2.75, 3.05) is 20.2 Å². The monoisotopic (exact) mass is 421 g/mol. The molecule has 2 rings (SSSR count). The van der Waals surface area contributed by atoms with Gasteiger partial charge in [-0.05, 0) is 47.7 Å². The van der Waals surface area contributed by atoms with Gasteiger partial charge in [0.05, 0.1) is 7.11 Å². The molecule has 166 valence electrons. The highest BCUT2D eigenvalue weighted by Crippen LogP contribution is 2.24. The molecule has 1 aromatic heterocycles. The Labute approximate surface area is 186 Å². The van der Waals surface area contributed by atoms with Crippen molar-refractivity contribution in [2.24, 2.45) is 0 Å². The third kappa shape index (κ3) is 10.1. The third-order valence-electron chi connectivity index (χ3n) is 4.96. The SMILES string of the molecule is CCCCCC/C(=C\C=C\C(=O)NCCNCc1cccnc1)c1ccc(OC)cc1. The van der Waals surface area contributed by atoms with Crippen LogP contribution in [0.3, 0.4) is 0 Å². The Kier molecular flexibility index (Phi) is 11.8. The highest BCUT2D eigenvalue weighted by atomic mass is 16.5. The van der Waals surface area contributed by atoms with Crippen LogP contribution in [0.5, 0.6) is 5.75 Å². The number of carbonyl (C=O) groups excluding carboxylic acids is 1. The first-order chi connectivity index (χ1) is 15.2. The zero-order valence-electron chi connectivity index (χ0n) is 18.8. The number of allylic oxidation sites excluding steroid dienone is 3. The maximum Gasteiger partial charge on any atom is 0.244 e. The number of rotatable bonds is 14. The molecular formula is C26H35N3O2. The molecule has 0 aliphatic heterocycles. The van der Waals surface area contributed by atoms with Crippen molar-refractivity contribution >= 4 is 11.5 Å². The van der Waals surface area contributed by atoms with Crippen LogP contribution in [0, 0.1) is 0 Å². The summed E-state index contributed by atoms with van der Waals surface area (Å²) in [7, 11) is 1.67. The summed E-state index contributed by atoms with van der Waals surface area (Å²) in [5.74, 6) is 0.764. The summed E-state index contributed by atoms with van der Waals surface area (Å²) in [4.78, 5) is 16.2. The van der Waals surface area contributed by atoms with Crippen LogP contribution in [0.4, 0.5) is 0 Å². The highest BCUT2D eigenvalue weighted by molar-refractivity contribution is 5.88. The molecule has 0 unspecified atom stereocenters. The van der Waals surface area contributed by atoms with E-state index >= 15 is 0 Å². The lowest BCUT2D eigenvalue weighted by atomic mass is 9.98. The molecule has 0 saturated heterocycles. The summed E-state index contributed by atoms with van der Waals surface area (Å²) in [6.07, 6.45) is 14.9. The average Bonchev–Trinajstić information content (AvgIpc) is 2.81. The van der Waals surface area contributed by atoms with Gasteiger partial charge >= 0.3 is 0 Å². The van der Waals surface area contributed by atoms with Crippen LogP contribution in [0.15, 0.2) is 67.0 Å². The van der Waals surface area contributed by atoms with Gasteiger partial charge in [0, 0.05) is 38.1 Å². The minimum Gasteiger partial charge on any atom is -0.497 e. The normalized spacial score (nSPS) is 11.6. The number of nitrogens with zero attached hydrogens (tertiary/aromatic N) is 1. The molecule has 0 saturated carbocycles. The minimum absolute atomic E-state index is 0.0838. The first-order valence-corrected chi connectivity index (χ1v) is 11.1. The smallest absolute Gasteiger partial charge is 0.244 e. The number of hydrogen-bond donors (Lipinski definition) is 2. The summed E-state index contributed by atoms with van der Waals surface area (Å²) in [5, 5.41) is 6.20. The molecular weight excluding hydrogens is 386 g/mol. The van der Waals surface area contributed by atoms with E-state index in [-0.39, 0.29) is 5.91 Å². The molecule has 0 fully saturated rings. The van der Waals surface area contributed by atoms with Gasteiger partial charge in [-0.15, -0.1) is 0 Å². The molecule has 1 heterocycles. The fraction of sp³-hybridized carbons (Fsp3) is 0.385. The van der Waals surface area contributed by atoms with Crippen molar-refractivity contribution in [3.8, 4) is 5.75 Å². The Bertz CT molecular complexity index is 814. The number of hydrogen-bond acceptors (Lipinski definition) is 4. The molecule has 0 radical (unpaired) electrons. The summed E-state index contributed by atoms with van der Waals surface area (Å²) in [5.41, 5.74) is 3.53. The quantitative estimate of drug-likeness (QED) is 0.259. The number of aromatic nitrogens is 1. The van der Waals surface area contributed by atoms with Gasteiger partial charge in [0.1, 0.15) is 5.75 Å². The van der Waals surface area contributed by atoms with E-state index in [2.05, 4.69) is 34.7 Å². The number of pyridine rings is 1. The Balaban J connectivity index is 1.81. The van der Waals surface area contributed by atoms with E-state index in [0.29, 0.717) is 13.1 Å². The number of carbonyl (C=O) groups is 1. The summed E-state index contributed by atoms with van der Waals surface area (Å²) in [6, 6.07) is 12.0. The van der Waals surface area contributed by atoms with E-state index < -0.39 is 0 Å². The van der Waals surface area contributed by atoms with Crippen molar-refractivity contribution in [2.45, 2.75) is 45.6 Å². The maximum atomic E-state index is 12.1. The van der Waals surface area contributed by atoms with Gasteiger partial charge in [-0.2, -0.15) is 0 Å². The van der Waals surface area contributed by atoms with Crippen LogP contribution in [0.2, 0.25) is 0 Å². The average molecular weight is 422 g/mol. The molecule has 0 atom stereocenters. The molecule has 0 aliphatic rings. The second-order valence-electron chi connectivity index (χ2n) is 7.42. The predicted molar refractivity (Wildman–Crippen MR) is 128 cm³/mol. The van der Waals surface area contributed by atoms with Gasteiger partial charge in [-0.25, -0.2) is 0 Å². The van der Waals surface area contributed by atoms with Gasteiger partial charge in [-0.1, -0.05) is 56.5 Å². The van der Waals surface area contributed by atoms with E-state index in [1.54, 1.807) is 19.4 Å². The molecule has 2 aromatic rings. The van der Waals surface area contributed by atoms with Crippen LogP contribution in [-0.4, -0.2) is 31.1 Å². The Morgan fingerprint density at radius 3 is 2.65 bits per heavy atom. The molecule has 1 aromatic carbocycles. The number of unbranched alkanes of at least 4 members (excludes halogenated alkanes) is 3. The van der Waals surface area contributed by atoms with Crippen LogP contribution in [-0.2, 0) is 11.3 Å². The summed E-state index contributed by atoms with van der Waals surface area (Å²) >= 11 is 0. The topological polar surface area (TPSA) is 63.2 Å². The minimum atomic E-state index is -0.0838. The fourth-order valence-corrected chi connectivity index (χ4v) is 3.19. The Hall–Kier alpha value is -2.92. The van der Waals surface area contributed by atoms with Gasteiger partial charge in [-0.3, -0.25) is 9.78 Å². The van der Waals surface area contributed by atoms with Gasteiger partial charge in [0.2, 0.25) is 5.91 Å². The van der Waals surface area contributed by atoms with Crippen LogP contribution in [0.1, 0.15) is 50.2 Å². The van der Waals surface area contributed by atoms with Crippen molar-refractivity contribution in [1.82, 2.24) is 15.6 Å². The maximum absolute atomic E-state index is 12.1. The Morgan fingerprint density at radius 2 is 1.94 bits per heavy atom. The lowest BCUT2D eigenvalue weighted by Gasteiger charge is -2.08. The highest BCUT2D eigenvalue weighted by Gasteiger charge is 2.02. The predicted octanol–water partition coefficient (Wildman–Crippen LogP) is 4.91. The number of amides is 1. The molecule has 1 amide bonds. The third-order valence-corrected chi connectivity index (χ3v) is 4.96. The molecule has 5 heteroatoms. The number of methoxy groups -OCH3 is 1. The largest absolute Gasteiger partial charge is 0.497 e. The fourth-order valence-electron chi connectivity index (χ4n) is 3.19. The lowest BCUT2D eigenvalue weighted by Crippen LogP contribution is -2.30. The zero-order valence-corrected chi connectivity index (χ0v) is 18.8. The summed E-state index contributed by atoms with van der Waals surface area (Å²) in [6.45, 7) is 4.25. The van der Waals surface area contributed by atoms with Crippen molar-refractivity contribution < 1.29 is 9.53 Å². The van der Waals surface area contributed by atoms with E-state index in [9.17, 15) is 4.79 Å². The van der Waals surface area contributed by atoms with Crippen LogP contribution < -0.4 is 15.4 Å². The standard InChI is InChI=1S/C26H35N3O2/c1-3-4-5-6-10-23(24-13-15-25(31-2)16-14-24)11-7-12-26(30)29-19-18-28-21-22-9-8-17-27-20-22/h7-9,11-17,20,28H,3-6,10,18-19,21H2,1-2H3,(H,29,30)/b12-7+,23-11+. The van der Waals surface area contributed by atoms with E-state index in [1.165, 1.54) is 30.4 Å². The van der Waals surface area contributed by atoms with Crippen molar-refractivity contribution in [1.29, 1.82) is 0 Å². The van der Waals surface area contributed by atoms with E-state index in [0.717, 1.165) is 30.7 Å². The first kappa shape index (κ1) is 24.4. The van der Waals surface area contributed by atoms with Gasteiger partial charge < -0.3 is 15.4 Å². The number of benzene rings is 1. The first-order valence-electron chi connectivity index (χ1n) is 11.1. The molecule has 0 bridgehead atoms. The van der Waals surface area contributed by atoms with E-state index in [1.807, 2.05) is 42.6 Å². The Morgan fingerprint density at radius 1 is 1.10 bits per heavy atom. The van der Waals surface area contributed by atoms with Crippen molar-refractivity contribution in [3.63, 3.8) is 0 Å². The van der Waals surface area contributed by atoms with Gasteiger partial charge in [0.25, 0.3) is 0 Å². The van der Waals surface area contributed by atoms with Crippen molar-refractivity contribution in [3.05, 3.63) is 78.1 Å². The second-order valence-corrected chi connectivity index (χ2v) is 7.42. The summed E-state index contributed by atoms with van der Waals surface area (Å²) < 4.78 is 5.26. The molecule has 0 spiro atoms. The second kappa shape index (κ2) is 15.0. The van der Waals surface area contributed by atoms with Gasteiger partial charge in [0.15, 0.2) is 0 Å². The van der Waals surface area contributed by atoms with Crippen LogP contribution >= 0.6 is 0 Å². The number of ether oxygens (including phenoxy) is 1. The van der Waals surface area contributed by atoms with E-state index in [4.69, 9.17) is 4.74 Å². The molecule has 31 heavy (non-hydrogen) atoms. The lowest BCUT2D eigenvalue weighted by molar-refractivity contribution is -0.116. The zero-order chi connectivity index (χ0) is 22.2. The molecule has 2 N–H and O–H groups in total. The number of nitrogens with one attached hydrogen (secondary N) is 2. The van der Waals surface area contributed by atoms with Crippen LogP contribution in [0.25, 0.3) is 5.57 Å². The molecule has 5 nitrogen and oxygen atoms in total. The molecule has 0 aliphatic carbocycles.